The van der Waals surface area contributed by atoms with Gasteiger partial charge in [0.2, 0.25) is 5.91 Å². The number of ether oxygens (including phenoxy) is 1. The van der Waals surface area contributed by atoms with Gasteiger partial charge in [-0.05, 0) is 31.9 Å². The number of aromatic nitrogens is 3. The number of esters is 1. The molecule has 1 N–H and O–H groups in total. The number of benzene rings is 1. The summed E-state index contributed by atoms with van der Waals surface area (Å²) in [4.78, 5) is 38.1. The van der Waals surface area contributed by atoms with Crippen LogP contribution in [0.4, 0.5) is 5.82 Å². The van der Waals surface area contributed by atoms with Crippen molar-refractivity contribution in [2.24, 2.45) is 7.05 Å². The van der Waals surface area contributed by atoms with E-state index in [1.54, 1.807) is 14.0 Å². The topological polar surface area (TPSA) is 95.2 Å². The highest BCUT2D eigenvalue weighted by Crippen LogP contribution is 2.23. The lowest BCUT2D eigenvalue weighted by atomic mass is 10.1. The second kappa shape index (κ2) is 8.30. The van der Waals surface area contributed by atoms with Crippen LogP contribution in [-0.4, -0.2) is 32.8 Å². The van der Waals surface area contributed by atoms with Gasteiger partial charge in [-0.25, -0.2) is 4.79 Å². The molecule has 0 fully saturated rings. The summed E-state index contributed by atoms with van der Waals surface area (Å²) in [5.41, 5.74) is 1.46. The van der Waals surface area contributed by atoms with E-state index in [0.29, 0.717) is 11.9 Å². The molecule has 0 saturated heterocycles. The third-order valence-corrected chi connectivity index (χ3v) is 4.84. The molecule has 0 radical (unpaired) electrons. The molecule has 1 amide bonds. The summed E-state index contributed by atoms with van der Waals surface area (Å²) in [6.45, 7) is 5.62. The van der Waals surface area contributed by atoms with Crippen LogP contribution in [0, 0.1) is 6.92 Å². The number of carbonyl (C=O) groups is 2. The molecular formula is C21H24N4O4. The van der Waals surface area contributed by atoms with Gasteiger partial charge >= 0.3 is 5.97 Å². The maximum absolute atomic E-state index is 13.1. The number of anilines is 1. The molecule has 0 aliphatic rings. The van der Waals surface area contributed by atoms with Crippen LogP contribution in [-0.2, 0) is 16.6 Å². The first-order valence-electron chi connectivity index (χ1n) is 9.49. The first kappa shape index (κ1) is 20.3. The number of hydrogen-bond donors (Lipinski definition) is 1. The number of pyridine rings is 1. The molecule has 8 nitrogen and oxygen atoms in total. The molecule has 152 valence electrons. The number of carbonyl (C=O) groups excluding carboxylic acids is 2. The van der Waals surface area contributed by atoms with E-state index >= 15 is 0 Å². The van der Waals surface area contributed by atoms with Gasteiger partial charge in [-0.2, -0.15) is 5.10 Å². The third kappa shape index (κ3) is 3.78. The van der Waals surface area contributed by atoms with Crippen molar-refractivity contribution in [1.82, 2.24) is 14.3 Å². The third-order valence-electron chi connectivity index (χ3n) is 4.84. The summed E-state index contributed by atoms with van der Waals surface area (Å²) in [5, 5.41) is 7.71. The predicted molar refractivity (Wildman–Crippen MR) is 110 cm³/mol. The maximum Gasteiger partial charge on any atom is 0.343 e. The zero-order valence-electron chi connectivity index (χ0n) is 16.9. The highest BCUT2D eigenvalue weighted by Gasteiger charge is 2.26. The van der Waals surface area contributed by atoms with Crippen molar-refractivity contribution in [2.75, 3.05) is 11.9 Å². The van der Waals surface area contributed by atoms with Gasteiger partial charge in [0.05, 0.1) is 18.3 Å². The largest absolute Gasteiger partial charge is 0.462 e. The van der Waals surface area contributed by atoms with Gasteiger partial charge in [0, 0.05) is 18.5 Å². The molecule has 0 spiro atoms. The number of nitrogens with one attached hydrogen (secondary N) is 1. The van der Waals surface area contributed by atoms with Crippen LogP contribution >= 0.6 is 0 Å². The lowest BCUT2D eigenvalue weighted by molar-refractivity contribution is -0.119. The SMILES string of the molecule is CCOC(=O)c1cnn(C)c1NC(=O)C(CC)n1c(=O)cc(C)c2ccccc21. The summed E-state index contributed by atoms with van der Waals surface area (Å²) in [5.74, 6) is -0.740. The Morgan fingerprint density at radius 2 is 1.97 bits per heavy atom. The number of rotatable bonds is 6. The summed E-state index contributed by atoms with van der Waals surface area (Å²) in [6, 6.07) is 8.26. The first-order chi connectivity index (χ1) is 13.9. The molecule has 0 aliphatic carbocycles. The Kier molecular flexibility index (Phi) is 5.81. The average molecular weight is 396 g/mol. The molecule has 1 aromatic carbocycles. The molecule has 3 rings (SSSR count). The number of amides is 1. The van der Waals surface area contributed by atoms with Crippen LogP contribution < -0.4 is 10.9 Å². The molecule has 3 aromatic rings. The van der Waals surface area contributed by atoms with Crippen molar-refractivity contribution in [3.8, 4) is 0 Å². The van der Waals surface area contributed by atoms with Crippen molar-refractivity contribution in [1.29, 1.82) is 0 Å². The van der Waals surface area contributed by atoms with E-state index in [4.69, 9.17) is 4.74 Å². The van der Waals surface area contributed by atoms with Crippen molar-refractivity contribution in [3.05, 3.63) is 58.0 Å². The highest BCUT2D eigenvalue weighted by molar-refractivity contribution is 6.01. The molecule has 0 aliphatic heterocycles. The first-order valence-corrected chi connectivity index (χ1v) is 9.49. The molecule has 2 heterocycles. The summed E-state index contributed by atoms with van der Waals surface area (Å²) < 4.78 is 7.92. The molecule has 0 saturated carbocycles. The fourth-order valence-corrected chi connectivity index (χ4v) is 3.42. The van der Waals surface area contributed by atoms with E-state index in [0.717, 1.165) is 10.9 Å². The Labute approximate surface area is 168 Å². The van der Waals surface area contributed by atoms with Crippen molar-refractivity contribution in [3.63, 3.8) is 0 Å². The van der Waals surface area contributed by atoms with Crippen LogP contribution in [0.1, 0.15) is 42.2 Å². The summed E-state index contributed by atoms with van der Waals surface area (Å²) in [7, 11) is 1.62. The zero-order chi connectivity index (χ0) is 21.1. The van der Waals surface area contributed by atoms with Crippen LogP contribution in [0.2, 0.25) is 0 Å². The zero-order valence-corrected chi connectivity index (χ0v) is 16.9. The van der Waals surface area contributed by atoms with Gasteiger partial charge < -0.3 is 10.1 Å². The van der Waals surface area contributed by atoms with Crippen LogP contribution in [0.3, 0.4) is 0 Å². The quantitative estimate of drug-likeness (QED) is 0.647. The maximum atomic E-state index is 13.1. The van der Waals surface area contributed by atoms with Gasteiger partial charge in [0.15, 0.2) is 0 Å². The van der Waals surface area contributed by atoms with E-state index in [-0.39, 0.29) is 23.5 Å². The van der Waals surface area contributed by atoms with E-state index in [9.17, 15) is 14.4 Å². The Hall–Kier alpha value is -3.42. The second-order valence-electron chi connectivity index (χ2n) is 6.72. The number of aryl methyl sites for hydroxylation is 2. The fraction of sp³-hybridized carbons (Fsp3) is 0.333. The van der Waals surface area contributed by atoms with E-state index in [1.807, 2.05) is 38.1 Å². The molecule has 0 bridgehead atoms. The minimum Gasteiger partial charge on any atom is -0.462 e. The normalized spacial score (nSPS) is 12.0. The van der Waals surface area contributed by atoms with Crippen molar-refractivity contribution < 1.29 is 14.3 Å². The van der Waals surface area contributed by atoms with Crippen LogP contribution in [0.25, 0.3) is 10.9 Å². The Bertz CT molecular complexity index is 1130. The average Bonchev–Trinajstić information content (AvgIpc) is 3.05. The number of para-hydroxylation sites is 1. The van der Waals surface area contributed by atoms with Gasteiger partial charge in [-0.3, -0.25) is 18.8 Å². The minimum absolute atomic E-state index is 0.165. The van der Waals surface area contributed by atoms with Gasteiger partial charge in [-0.15, -0.1) is 0 Å². The van der Waals surface area contributed by atoms with E-state index in [1.165, 1.54) is 21.5 Å². The van der Waals surface area contributed by atoms with Crippen LogP contribution in [0.15, 0.2) is 41.3 Å². The molecule has 8 heteroatoms. The Morgan fingerprint density at radius 3 is 2.66 bits per heavy atom. The van der Waals surface area contributed by atoms with Gasteiger partial charge in [0.25, 0.3) is 5.56 Å². The van der Waals surface area contributed by atoms with E-state index < -0.39 is 17.9 Å². The van der Waals surface area contributed by atoms with Gasteiger partial charge in [-0.1, -0.05) is 25.1 Å². The number of fused-ring (bicyclic) bond motifs is 1. The number of hydrogen-bond acceptors (Lipinski definition) is 5. The van der Waals surface area contributed by atoms with Crippen molar-refractivity contribution >= 4 is 28.6 Å². The van der Waals surface area contributed by atoms with E-state index in [2.05, 4.69) is 10.4 Å². The Balaban J connectivity index is 2.03. The fourth-order valence-electron chi connectivity index (χ4n) is 3.42. The second-order valence-corrected chi connectivity index (χ2v) is 6.72. The Morgan fingerprint density at radius 1 is 1.24 bits per heavy atom. The lowest BCUT2D eigenvalue weighted by Gasteiger charge is -2.21. The molecule has 2 aromatic heterocycles. The minimum atomic E-state index is -0.752. The summed E-state index contributed by atoms with van der Waals surface area (Å²) >= 11 is 0. The lowest BCUT2D eigenvalue weighted by Crippen LogP contribution is -2.34. The number of nitrogens with zero attached hydrogens (tertiary/aromatic N) is 3. The predicted octanol–water partition coefficient (Wildman–Crippen LogP) is 2.81. The molecule has 1 unspecified atom stereocenters. The summed E-state index contributed by atoms with van der Waals surface area (Å²) in [6.07, 6.45) is 1.74. The van der Waals surface area contributed by atoms with Gasteiger partial charge in [0.1, 0.15) is 17.4 Å². The molecule has 29 heavy (non-hydrogen) atoms. The molecule has 1 atom stereocenters. The molecular weight excluding hydrogens is 372 g/mol. The van der Waals surface area contributed by atoms with Crippen LogP contribution in [0.5, 0.6) is 0 Å². The standard InChI is InChI=1S/C21H24N4O4/c1-5-16(25-17-10-8-7-9-14(17)13(3)11-18(25)26)20(27)23-19-15(12-22-24(19)4)21(28)29-6-2/h7-12,16H,5-6H2,1-4H3,(H,23,27). The highest BCUT2D eigenvalue weighted by atomic mass is 16.5. The smallest absolute Gasteiger partial charge is 0.343 e. The van der Waals surface area contributed by atoms with Crippen molar-refractivity contribution in [2.45, 2.75) is 33.2 Å². The monoisotopic (exact) mass is 396 g/mol.